The molecule has 1 heterocycles. The summed E-state index contributed by atoms with van der Waals surface area (Å²) in [5.41, 5.74) is 1.58. The summed E-state index contributed by atoms with van der Waals surface area (Å²) < 4.78 is 69.9. The number of nitrogens with zero attached hydrogens (tertiary/aromatic N) is 2. The van der Waals surface area contributed by atoms with Crippen molar-refractivity contribution in [1.29, 1.82) is 0 Å². The Hall–Kier alpha value is -3.61. The highest BCUT2D eigenvalue weighted by Crippen LogP contribution is 2.32. The maximum atomic E-state index is 14.9. The van der Waals surface area contributed by atoms with Gasteiger partial charge in [-0.3, -0.25) is 0 Å². The summed E-state index contributed by atoms with van der Waals surface area (Å²) >= 11 is 0. The van der Waals surface area contributed by atoms with Gasteiger partial charge in [-0.1, -0.05) is 44.0 Å². The van der Waals surface area contributed by atoms with E-state index < -0.39 is 29.1 Å². The molecule has 0 spiro atoms. The van der Waals surface area contributed by atoms with Crippen molar-refractivity contribution in [2.45, 2.75) is 32.6 Å². The Morgan fingerprint density at radius 2 is 1.15 bits per heavy atom. The molecule has 0 N–H and O–H groups in total. The summed E-state index contributed by atoms with van der Waals surface area (Å²) in [6.45, 7) is 2.13. The molecule has 0 radical (unpaired) electrons. The van der Waals surface area contributed by atoms with E-state index in [9.17, 15) is 22.0 Å². The average Bonchev–Trinajstić information content (AvgIpc) is 2.83. The lowest BCUT2D eigenvalue weighted by atomic mass is 9.98. The molecule has 3 aromatic carbocycles. The van der Waals surface area contributed by atoms with Gasteiger partial charge >= 0.3 is 0 Å². The summed E-state index contributed by atoms with van der Waals surface area (Å²) in [6, 6.07) is 9.59. The maximum Gasteiger partial charge on any atom is 0.194 e. The SMILES string of the molecule is CCCCCc1cnc(-c2ccc(-c3ccc(-c4cc(F)c(F)c(F)c4)c(F)c3)c(F)c2)nc1. The zero-order valence-electron chi connectivity index (χ0n) is 18.4. The van der Waals surface area contributed by atoms with Gasteiger partial charge in [-0.15, -0.1) is 0 Å². The zero-order valence-corrected chi connectivity index (χ0v) is 18.4. The highest BCUT2D eigenvalue weighted by molar-refractivity contribution is 5.73. The number of aryl methyl sites for hydroxylation is 1. The molecular weight excluding hydrogens is 447 g/mol. The van der Waals surface area contributed by atoms with Crippen molar-refractivity contribution in [3.8, 4) is 33.6 Å². The Bertz CT molecular complexity index is 1300. The minimum absolute atomic E-state index is 0.133. The first kappa shape index (κ1) is 23.5. The van der Waals surface area contributed by atoms with Crippen LogP contribution in [0.4, 0.5) is 22.0 Å². The topological polar surface area (TPSA) is 25.8 Å². The van der Waals surface area contributed by atoms with Crippen molar-refractivity contribution in [2.75, 3.05) is 0 Å². The van der Waals surface area contributed by atoms with Crippen molar-refractivity contribution in [3.63, 3.8) is 0 Å². The fraction of sp³-hybridized carbons (Fsp3) is 0.185. The van der Waals surface area contributed by atoms with Crippen molar-refractivity contribution in [2.24, 2.45) is 0 Å². The minimum Gasteiger partial charge on any atom is -0.236 e. The molecule has 34 heavy (non-hydrogen) atoms. The number of halogens is 5. The molecule has 0 aliphatic heterocycles. The fourth-order valence-electron chi connectivity index (χ4n) is 3.73. The van der Waals surface area contributed by atoms with Crippen LogP contribution in [-0.2, 0) is 6.42 Å². The molecule has 1 aromatic heterocycles. The van der Waals surface area contributed by atoms with Crippen LogP contribution in [0.25, 0.3) is 33.6 Å². The largest absolute Gasteiger partial charge is 0.236 e. The van der Waals surface area contributed by atoms with E-state index in [0.717, 1.165) is 37.3 Å². The van der Waals surface area contributed by atoms with Crippen molar-refractivity contribution >= 4 is 0 Å². The lowest BCUT2D eigenvalue weighted by Crippen LogP contribution is -1.95. The van der Waals surface area contributed by atoms with Crippen molar-refractivity contribution in [3.05, 3.63) is 95.6 Å². The first-order valence-corrected chi connectivity index (χ1v) is 10.9. The summed E-state index contributed by atoms with van der Waals surface area (Å²) in [5.74, 6) is -5.51. The zero-order chi connectivity index (χ0) is 24.2. The summed E-state index contributed by atoms with van der Waals surface area (Å²) in [5, 5.41) is 0. The molecule has 0 unspecified atom stereocenters. The van der Waals surface area contributed by atoms with Gasteiger partial charge < -0.3 is 0 Å². The molecule has 0 amide bonds. The summed E-state index contributed by atoms with van der Waals surface area (Å²) in [7, 11) is 0. The normalized spacial score (nSPS) is 11.1. The Balaban J connectivity index is 1.58. The Morgan fingerprint density at radius 3 is 1.74 bits per heavy atom. The maximum absolute atomic E-state index is 14.9. The second-order valence-electron chi connectivity index (χ2n) is 8.02. The minimum atomic E-state index is -1.63. The van der Waals surface area contributed by atoms with Gasteiger partial charge in [-0.2, -0.15) is 0 Å². The van der Waals surface area contributed by atoms with Gasteiger partial charge in [0.15, 0.2) is 23.3 Å². The van der Waals surface area contributed by atoms with Crippen LogP contribution in [0.3, 0.4) is 0 Å². The number of aromatic nitrogens is 2. The second-order valence-corrected chi connectivity index (χ2v) is 8.02. The third kappa shape index (κ3) is 4.98. The van der Waals surface area contributed by atoms with Gasteiger partial charge in [-0.05, 0) is 53.8 Å². The smallest absolute Gasteiger partial charge is 0.194 e. The third-order valence-electron chi connectivity index (χ3n) is 5.58. The van der Waals surface area contributed by atoms with Crippen LogP contribution in [-0.4, -0.2) is 9.97 Å². The van der Waals surface area contributed by atoms with E-state index >= 15 is 0 Å². The predicted octanol–water partition coefficient (Wildman–Crippen LogP) is 7.91. The molecule has 4 rings (SSSR count). The summed E-state index contributed by atoms with van der Waals surface area (Å²) in [4.78, 5) is 8.65. The van der Waals surface area contributed by atoms with Crippen LogP contribution in [0.15, 0.2) is 60.9 Å². The predicted molar refractivity (Wildman–Crippen MR) is 121 cm³/mol. The van der Waals surface area contributed by atoms with Crippen molar-refractivity contribution in [1.82, 2.24) is 9.97 Å². The first-order valence-electron chi connectivity index (χ1n) is 10.9. The molecule has 0 saturated heterocycles. The second kappa shape index (κ2) is 10.1. The molecule has 4 aromatic rings. The molecule has 2 nitrogen and oxygen atoms in total. The number of hydrogen-bond donors (Lipinski definition) is 0. The van der Waals surface area contributed by atoms with E-state index in [4.69, 9.17) is 0 Å². The molecule has 0 aliphatic rings. The highest BCUT2D eigenvalue weighted by Gasteiger charge is 2.16. The van der Waals surface area contributed by atoms with Gasteiger partial charge in [0.05, 0.1) is 0 Å². The Morgan fingerprint density at radius 1 is 0.618 bits per heavy atom. The van der Waals surface area contributed by atoms with Gasteiger partial charge in [0.1, 0.15) is 11.6 Å². The van der Waals surface area contributed by atoms with E-state index in [2.05, 4.69) is 16.9 Å². The molecular formula is C27H21F5N2. The Labute approximate surface area is 194 Å². The molecule has 0 bridgehead atoms. The lowest BCUT2D eigenvalue weighted by Gasteiger charge is -2.10. The fourth-order valence-corrected chi connectivity index (χ4v) is 3.73. The summed E-state index contributed by atoms with van der Waals surface area (Å²) in [6.07, 6.45) is 7.68. The van der Waals surface area contributed by atoms with E-state index in [0.29, 0.717) is 23.5 Å². The number of hydrogen-bond acceptors (Lipinski definition) is 2. The van der Waals surface area contributed by atoms with E-state index in [1.165, 1.54) is 24.3 Å². The monoisotopic (exact) mass is 468 g/mol. The lowest BCUT2D eigenvalue weighted by molar-refractivity contribution is 0.447. The first-order chi connectivity index (χ1) is 16.4. The quantitative estimate of drug-likeness (QED) is 0.156. The van der Waals surface area contributed by atoms with Crippen LogP contribution < -0.4 is 0 Å². The van der Waals surface area contributed by atoms with Crippen LogP contribution in [0, 0.1) is 29.1 Å². The van der Waals surface area contributed by atoms with Gasteiger partial charge in [0, 0.05) is 29.1 Å². The Kier molecular flexibility index (Phi) is 7.01. The average molecular weight is 468 g/mol. The van der Waals surface area contributed by atoms with Gasteiger partial charge in [0.25, 0.3) is 0 Å². The van der Waals surface area contributed by atoms with Gasteiger partial charge in [0.2, 0.25) is 0 Å². The number of benzene rings is 3. The van der Waals surface area contributed by atoms with Crippen LogP contribution >= 0.6 is 0 Å². The highest BCUT2D eigenvalue weighted by atomic mass is 19.2. The molecule has 0 atom stereocenters. The van der Waals surface area contributed by atoms with Gasteiger partial charge in [-0.25, -0.2) is 31.9 Å². The van der Waals surface area contributed by atoms with Crippen LogP contribution in [0.1, 0.15) is 31.7 Å². The molecule has 0 fully saturated rings. The molecule has 7 heteroatoms. The van der Waals surface area contributed by atoms with Crippen LogP contribution in [0.2, 0.25) is 0 Å². The van der Waals surface area contributed by atoms with Crippen LogP contribution in [0.5, 0.6) is 0 Å². The molecule has 0 saturated carbocycles. The molecule has 0 aliphatic carbocycles. The molecule has 174 valence electrons. The van der Waals surface area contributed by atoms with E-state index in [1.54, 1.807) is 18.5 Å². The number of unbranched alkanes of at least 4 members (excludes halogenated alkanes) is 2. The van der Waals surface area contributed by atoms with Crippen molar-refractivity contribution < 1.29 is 22.0 Å². The van der Waals surface area contributed by atoms with E-state index in [-0.39, 0.29) is 22.3 Å². The third-order valence-corrected chi connectivity index (χ3v) is 5.58. The van der Waals surface area contributed by atoms with E-state index in [1.807, 2.05) is 0 Å². The standard InChI is InChI=1S/C27H21F5N2/c1-2-3-4-5-16-14-33-27(34-15-16)18-7-9-20(23(29)11-18)17-6-8-21(22(28)10-17)19-12-24(30)26(32)25(31)13-19/h6-15H,2-5H2,1H3. The number of rotatable bonds is 7.